The molecule has 3 aromatic carbocycles. The molecule has 0 fully saturated rings. The molecule has 1 N–H and O–H groups in total. The minimum Gasteiger partial charge on any atom is -0.348 e. The van der Waals surface area contributed by atoms with Gasteiger partial charge in [-0.15, -0.1) is 0 Å². The number of hydrogen-bond donors (Lipinski definition) is 1. The topological polar surface area (TPSA) is 119 Å². The molecule has 3 aromatic rings. The van der Waals surface area contributed by atoms with Crippen LogP contribution in [0.15, 0.2) is 54.6 Å². The van der Waals surface area contributed by atoms with Gasteiger partial charge in [0.15, 0.2) is 0 Å². The number of halogens is 6. The Hall–Kier alpha value is -4.53. The average molecular weight is 568 g/mol. The number of non-ortho nitro benzene ring substituents is 2. The molecule has 1 aliphatic rings. The molecule has 0 radical (unpaired) electrons. The molecule has 1 amide bonds. The van der Waals surface area contributed by atoms with Gasteiger partial charge >= 0.3 is 12.4 Å². The maximum Gasteiger partial charge on any atom is 0.416 e. The predicted octanol–water partition coefficient (Wildman–Crippen LogP) is 5.99. The third kappa shape index (κ3) is 6.54. The number of hydrogen-bond acceptors (Lipinski definition) is 6. The smallest absolute Gasteiger partial charge is 0.348 e. The van der Waals surface area contributed by atoms with Gasteiger partial charge in [0.05, 0.1) is 32.6 Å². The van der Waals surface area contributed by atoms with E-state index in [4.69, 9.17) is 0 Å². The summed E-state index contributed by atoms with van der Waals surface area (Å²) in [5, 5.41) is 24.6. The molecule has 0 saturated carbocycles. The highest BCUT2D eigenvalue weighted by Crippen LogP contribution is 2.37. The summed E-state index contributed by atoms with van der Waals surface area (Å²) in [6.45, 7) is 0.285. The monoisotopic (exact) mass is 568 g/mol. The second kappa shape index (κ2) is 10.6. The summed E-state index contributed by atoms with van der Waals surface area (Å²) >= 11 is 0. The Labute approximate surface area is 221 Å². The molecule has 0 atom stereocenters. The van der Waals surface area contributed by atoms with E-state index in [0.717, 1.165) is 29.3 Å². The molecule has 4 rings (SSSR count). The van der Waals surface area contributed by atoms with Crippen LogP contribution in [0.3, 0.4) is 0 Å². The predicted molar refractivity (Wildman–Crippen MR) is 127 cm³/mol. The fourth-order valence-corrected chi connectivity index (χ4v) is 4.33. The Balaban J connectivity index is 1.45. The van der Waals surface area contributed by atoms with Gasteiger partial charge in [0.2, 0.25) is 0 Å². The summed E-state index contributed by atoms with van der Waals surface area (Å²) in [6.07, 6.45) is -9.89. The maximum atomic E-state index is 13.2. The van der Waals surface area contributed by atoms with E-state index < -0.39 is 50.6 Å². The molecule has 1 aliphatic heterocycles. The lowest BCUT2D eigenvalue weighted by molar-refractivity contribution is -0.394. The quantitative estimate of drug-likeness (QED) is 0.213. The lowest BCUT2D eigenvalue weighted by Gasteiger charge is -2.18. The van der Waals surface area contributed by atoms with Crippen molar-refractivity contribution in [2.45, 2.75) is 38.5 Å². The van der Waals surface area contributed by atoms with Gasteiger partial charge in [-0.05, 0) is 40.5 Å². The van der Waals surface area contributed by atoms with Gasteiger partial charge in [0.1, 0.15) is 0 Å². The van der Waals surface area contributed by atoms with E-state index in [9.17, 15) is 51.4 Å². The summed E-state index contributed by atoms with van der Waals surface area (Å²) in [4.78, 5) is 34.6. The second-order valence-corrected chi connectivity index (χ2v) is 9.10. The number of nitro groups is 2. The van der Waals surface area contributed by atoms with Crippen molar-refractivity contribution in [3.8, 4) is 0 Å². The van der Waals surface area contributed by atoms with Crippen LogP contribution < -0.4 is 5.32 Å². The zero-order valence-electron chi connectivity index (χ0n) is 20.2. The molecule has 0 saturated heterocycles. The first-order valence-corrected chi connectivity index (χ1v) is 11.4. The first kappa shape index (κ1) is 28.5. The minimum atomic E-state index is -4.95. The third-order valence-electron chi connectivity index (χ3n) is 6.15. The van der Waals surface area contributed by atoms with Crippen molar-refractivity contribution in [3.63, 3.8) is 0 Å². The van der Waals surface area contributed by atoms with Crippen LogP contribution in [-0.2, 0) is 38.5 Å². The summed E-state index contributed by atoms with van der Waals surface area (Å²) in [7, 11) is 0. The Morgan fingerprint density at radius 3 is 1.85 bits per heavy atom. The lowest BCUT2D eigenvalue weighted by Crippen LogP contribution is -2.23. The second-order valence-electron chi connectivity index (χ2n) is 9.10. The molecule has 9 nitrogen and oxygen atoms in total. The fourth-order valence-electron chi connectivity index (χ4n) is 4.33. The Morgan fingerprint density at radius 2 is 1.32 bits per heavy atom. The SMILES string of the molecule is O=C(NCc1ccc2c(c1)CN(Cc1cc(C(F)(F)F)cc(C(F)(F)F)c1)C2)c1cc([N+](=O)[O-])cc([N+](=O)[O-])c1. The molecule has 0 aromatic heterocycles. The average Bonchev–Trinajstić information content (AvgIpc) is 3.27. The normalized spacial score (nSPS) is 13.7. The van der Waals surface area contributed by atoms with E-state index in [0.29, 0.717) is 17.7 Å². The first-order chi connectivity index (χ1) is 18.6. The van der Waals surface area contributed by atoms with Gasteiger partial charge in [-0.25, -0.2) is 0 Å². The number of nitro benzene ring substituents is 2. The number of alkyl halides is 6. The first-order valence-electron chi connectivity index (χ1n) is 11.4. The van der Waals surface area contributed by atoms with Crippen molar-refractivity contribution in [1.29, 1.82) is 0 Å². The molecular formula is C25H18F6N4O5. The minimum absolute atomic E-state index is 0.0504. The van der Waals surface area contributed by atoms with E-state index >= 15 is 0 Å². The van der Waals surface area contributed by atoms with Crippen LogP contribution in [0.2, 0.25) is 0 Å². The zero-order chi connectivity index (χ0) is 29.4. The summed E-state index contributed by atoms with van der Waals surface area (Å²) in [6, 6.07) is 9.07. The Morgan fingerprint density at radius 1 is 0.775 bits per heavy atom. The van der Waals surface area contributed by atoms with Crippen molar-refractivity contribution in [1.82, 2.24) is 10.2 Å². The molecule has 1 heterocycles. The molecule has 210 valence electrons. The molecular weight excluding hydrogens is 550 g/mol. The molecule has 0 unspecified atom stereocenters. The standard InChI is InChI=1S/C25H18F6N4O5/c26-24(27,28)19-4-15(5-20(8-19)25(29,30)31)11-33-12-16-2-1-14(3-18(16)13-33)10-32-23(36)17-6-21(34(37)38)9-22(7-17)35(39)40/h1-9H,10-13H2,(H,32,36). The highest BCUT2D eigenvalue weighted by molar-refractivity contribution is 5.95. The van der Waals surface area contributed by atoms with Crippen molar-refractivity contribution in [2.24, 2.45) is 0 Å². The van der Waals surface area contributed by atoms with E-state index in [1.807, 2.05) is 0 Å². The highest BCUT2D eigenvalue weighted by Gasteiger charge is 2.37. The Bertz CT molecular complexity index is 1440. The summed E-state index contributed by atoms with van der Waals surface area (Å²) in [5.74, 6) is -0.793. The number of carbonyl (C=O) groups is 1. The number of carbonyl (C=O) groups excluding carboxylic acids is 1. The van der Waals surface area contributed by atoms with Gasteiger partial charge in [0.25, 0.3) is 17.3 Å². The number of rotatable bonds is 7. The lowest BCUT2D eigenvalue weighted by atomic mass is 10.0. The van der Waals surface area contributed by atoms with Gasteiger partial charge in [-0.2, -0.15) is 26.3 Å². The number of fused-ring (bicyclic) bond motifs is 1. The number of amides is 1. The van der Waals surface area contributed by atoms with Crippen LogP contribution in [0, 0.1) is 20.2 Å². The van der Waals surface area contributed by atoms with Crippen molar-refractivity contribution < 1.29 is 41.0 Å². The number of benzene rings is 3. The summed E-state index contributed by atoms with van der Waals surface area (Å²) < 4.78 is 79.1. The van der Waals surface area contributed by atoms with E-state index in [2.05, 4.69) is 5.32 Å². The largest absolute Gasteiger partial charge is 0.416 e. The van der Waals surface area contributed by atoms with Crippen LogP contribution in [0.1, 0.15) is 43.7 Å². The molecule has 0 spiro atoms. The number of nitrogens with one attached hydrogen (secondary N) is 1. The Kier molecular flexibility index (Phi) is 7.52. The number of nitrogens with zero attached hydrogens (tertiary/aromatic N) is 3. The van der Waals surface area contributed by atoms with Gasteiger partial charge in [0, 0.05) is 38.3 Å². The molecule has 0 aliphatic carbocycles. The maximum absolute atomic E-state index is 13.2. The van der Waals surface area contributed by atoms with Gasteiger partial charge in [-0.1, -0.05) is 18.2 Å². The van der Waals surface area contributed by atoms with Gasteiger partial charge < -0.3 is 5.32 Å². The summed E-state index contributed by atoms with van der Waals surface area (Å²) in [5.41, 5.74) is -2.32. The molecule has 40 heavy (non-hydrogen) atoms. The zero-order valence-corrected chi connectivity index (χ0v) is 20.2. The van der Waals surface area contributed by atoms with Crippen molar-refractivity contribution in [3.05, 3.63) is 114 Å². The van der Waals surface area contributed by atoms with E-state index in [1.165, 1.54) is 0 Å². The highest BCUT2D eigenvalue weighted by atomic mass is 19.4. The third-order valence-corrected chi connectivity index (χ3v) is 6.15. The van der Waals surface area contributed by atoms with Crippen LogP contribution in [0.25, 0.3) is 0 Å². The van der Waals surface area contributed by atoms with E-state index in [-0.39, 0.29) is 43.4 Å². The van der Waals surface area contributed by atoms with Crippen LogP contribution >= 0.6 is 0 Å². The van der Waals surface area contributed by atoms with Crippen molar-refractivity contribution in [2.75, 3.05) is 0 Å². The van der Waals surface area contributed by atoms with Gasteiger partial charge in [-0.3, -0.25) is 29.9 Å². The van der Waals surface area contributed by atoms with Crippen LogP contribution in [-0.4, -0.2) is 20.7 Å². The molecule has 15 heteroatoms. The van der Waals surface area contributed by atoms with Crippen LogP contribution in [0.5, 0.6) is 0 Å². The fraction of sp³-hybridized carbons (Fsp3) is 0.240. The van der Waals surface area contributed by atoms with Crippen molar-refractivity contribution >= 4 is 17.3 Å². The van der Waals surface area contributed by atoms with E-state index in [1.54, 1.807) is 23.1 Å². The van der Waals surface area contributed by atoms with Crippen LogP contribution in [0.4, 0.5) is 37.7 Å². The molecule has 0 bridgehead atoms.